The Morgan fingerprint density at radius 3 is 2.52 bits per heavy atom. The molecule has 0 bridgehead atoms. The molecule has 2 aromatic heterocycles. The van der Waals surface area contributed by atoms with E-state index in [-0.39, 0.29) is 34.6 Å². The van der Waals surface area contributed by atoms with E-state index >= 15 is 0 Å². The van der Waals surface area contributed by atoms with Gasteiger partial charge >= 0.3 is 0 Å². The molecule has 0 fully saturated rings. The number of hydrogen-bond donors (Lipinski definition) is 2. The summed E-state index contributed by atoms with van der Waals surface area (Å²) in [5, 5.41) is 6.20. The number of para-hydroxylation sites is 1. The molecule has 1 aliphatic carbocycles. The molecule has 174 valence electrons. The van der Waals surface area contributed by atoms with Gasteiger partial charge in [0, 0.05) is 11.9 Å². The maximum Gasteiger partial charge on any atom is 0.295 e. The van der Waals surface area contributed by atoms with Gasteiger partial charge in [-0.25, -0.2) is 9.67 Å². The summed E-state index contributed by atoms with van der Waals surface area (Å²) >= 11 is 2.75. The van der Waals surface area contributed by atoms with Crippen LogP contribution in [0, 0.1) is 6.92 Å². The molecule has 0 unspecified atom stereocenters. The van der Waals surface area contributed by atoms with E-state index in [9.17, 15) is 14.4 Å². The Morgan fingerprint density at radius 2 is 1.76 bits per heavy atom. The van der Waals surface area contributed by atoms with Crippen LogP contribution in [0.15, 0.2) is 35.1 Å². The van der Waals surface area contributed by atoms with Crippen molar-refractivity contribution in [3.8, 4) is 5.69 Å². The number of amides is 2. The SMILES string of the molecule is Cc1c(NC(=O)CSCC(=O)Nc2nc3c(s2)CCCCC3)c(=O)n(-c2ccccc2)n1C. The van der Waals surface area contributed by atoms with Crippen molar-refractivity contribution in [1.82, 2.24) is 14.3 Å². The molecule has 2 N–H and O–H groups in total. The normalized spacial score (nSPS) is 13.3. The van der Waals surface area contributed by atoms with Gasteiger partial charge < -0.3 is 10.6 Å². The molecule has 2 heterocycles. The summed E-state index contributed by atoms with van der Waals surface area (Å²) in [4.78, 5) is 43.5. The number of anilines is 2. The van der Waals surface area contributed by atoms with Crippen molar-refractivity contribution in [2.75, 3.05) is 22.1 Å². The zero-order chi connectivity index (χ0) is 23.4. The Morgan fingerprint density at radius 1 is 1.06 bits per heavy atom. The molecule has 8 nitrogen and oxygen atoms in total. The second-order valence-corrected chi connectivity index (χ2v) is 10.0. The number of fused-ring (bicyclic) bond motifs is 1. The Hall–Kier alpha value is -2.85. The van der Waals surface area contributed by atoms with Crippen molar-refractivity contribution in [2.45, 2.75) is 39.0 Å². The van der Waals surface area contributed by atoms with Crippen LogP contribution in [0.3, 0.4) is 0 Å². The minimum atomic E-state index is -0.320. The van der Waals surface area contributed by atoms with Gasteiger partial charge in [-0.1, -0.05) is 24.6 Å². The van der Waals surface area contributed by atoms with Crippen molar-refractivity contribution >= 4 is 45.7 Å². The second kappa shape index (κ2) is 10.4. The number of benzene rings is 1. The lowest BCUT2D eigenvalue weighted by molar-refractivity contribution is -0.114. The fourth-order valence-electron chi connectivity index (χ4n) is 3.86. The number of carbonyl (C=O) groups excluding carboxylic acids is 2. The van der Waals surface area contributed by atoms with Crippen LogP contribution in [0.5, 0.6) is 0 Å². The average Bonchev–Trinajstić information content (AvgIpc) is 3.16. The van der Waals surface area contributed by atoms with E-state index in [0.29, 0.717) is 10.8 Å². The summed E-state index contributed by atoms with van der Waals surface area (Å²) < 4.78 is 3.23. The Balaban J connectivity index is 1.30. The molecule has 1 aliphatic rings. The van der Waals surface area contributed by atoms with Crippen LogP contribution in [0.25, 0.3) is 5.69 Å². The minimum absolute atomic E-state index is 0.0703. The number of hydrogen-bond acceptors (Lipinski definition) is 6. The van der Waals surface area contributed by atoms with Crippen molar-refractivity contribution in [3.05, 3.63) is 57.0 Å². The zero-order valence-electron chi connectivity index (χ0n) is 18.7. The highest BCUT2D eigenvalue weighted by Gasteiger charge is 2.19. The number of nitrogens with zero attached hydrogens (tertiary/aromatic N) is 3. The molecular weight excluding hydrogens is 458 g/mol. The number of rotatable bonds is 7. The quantitative estimate of drug-likeness (QED) is 0.499. The molecule has 1 aromatic carbocycles. The van der Waals surface area contributed by atoms with E-state index in [0.717, 1.165) is 30.6 Å². The van der Waals surface area contributed by atoms with E-state index in [1.54, 1.807) is 30.0 Å². The lowest BCUT2D eigenvalue weighted by Gasteiger charge is -2.07. The largest absolute Gasteiger partial charge is 0.319 e. The third-order valence-corrected chi connectivity index (χ3v) is 7.63. The standard InChI is InChI=1S/C23H27N5O3S2/c1-15-21(22(31)28(27(15)2)16-9-5-3-6-10-16)25-19(29)13-32-14-20(30)26-23-24-17-11-7-4-8-12-18(17)33-23/h3,5-6,9-10H,4,7-8,11-14H2,1-2H3,(H,25,29)(H,24,26,30). The fourth-order valence-corrected chi connectivity index (χ4v) is 5.54. The van der Waals surface area contributed by atoms with Gasteiger partial charge in [-0.3, -0.25) is 19.1 Å². The van der Waals surface area contributed by atoms with Gasteiger partial charge in [-0.05, 0) is 44.7 Å². The molecule has 0 radical (unpaired) electrons. The summed E-state index contributed by atoms with van der Waals surface area (Å²) in [6.45, 7) is 1.78. The van der Waals surface area contributed by atoms with Crippen LogP contribution >= 0.6 is 23.1 Å². The summed E-state index contributed by atoms with van der Waals surface area (Å²) in [7, 11) is 1.77. The van der Waals surface area contributed by atoms with Crippen LogP contribution in [0.2, 0.25) is 0 Å². The number of carbonyl (C=O) groups is 2. The topological polar surface area (TPSA) is 98.0 Å². The van der Waals surface area contributed by atoms with Gasteiger partial charge in [0.25, 0.3) is 5.56 Å². The molecule has 2 amide bonds. The molecule has 10 heteroatoms. The third-order valence-electron chi connectivity index (χ3n) is 5.63. The molecule has 3 aromatic rings. The van der Waals surface area contributed by atoms with Gasteiger partial charge in [-0.15, -0.1) is 23.1 Å². The van der Waals surface area contributed by atoms with Crippen LogP contribution in [-0.2, 0) is 29.5 Å². The van der Waals surface area contributed by atoms with Gasteiger partial charge in [0.15, 0.2) is 5.13 Å². The molecule has 0 saturated carbocycles. The van der Waals surface area contributed by atoms with E-state index < -0.39 is 0 Å². The lowest BCUT2D eigenvalue weighted by atomic mass is 10.2. The molecule has 4 rings (SSSR count). The van der Waals surface area contributed by atoms with Gasteiger partial charge in [0.2, 0.25) is 11.8 Å². The smallest absolute Gasteiger partial charge is 0.295 e. The first-order valence-corrected chi connectivity index (χ1v) is 12.9. The molecular formula is C23H27N5O3S2. The Kier molecular flexibility index (Phi) is 7.34. The predicted octanol–water partition coefficient (Wildman–Crippen LogP) is 3.52. The molecule has 33 heavy (non-hydrogen) atoms. The Bertz CT molecular complexity index is 1190. The van der Waals surface area contributed by atoms with Gasteiger partial charge in [-0.2, -0.15) is 0 Å². The summed E-state index contributed by atoms with van der Waals surface area (Å²) in [5.74, 6) is -0.292. The number of nitrogens with one attached hydrogen (secondary N) is 2. The lowest BCUT2D eigenvalue weighted by Crippen LogP contribution is -2.24. The first-order valence-electron chi connectivity index (χ1n) is 10.9. The molecule has 0 spiro atoms. The van der Waals surface area contributed by atoms with Crippen molar-refractivity contribution in [3.63, 3.8) is 0 Å². The van der Waals surface area contributed by atoms with E-state index in [1.807, 2.05) is 30.3 Å². The minimum Gasteiger partial charge on any atom is -0.319 e. The van der Waals surface area contributed by atoms with Crippen LogP contribution in [0.1, 0.15) is 35.5 Å². The highest BCUT2D eigenvalue weighted by Crippen LogP contribution is 2.29. The second-order valence-electron chi connectivity index (χ2n) is 7.98. The van der Waals surface area contributed by atoms with E-state index in [1.165, 1.54) is 34.2 Å². The highest BCUT2D eigenvalue weighted by molar-refractivity contribution is 8.00. The predicted molar refractivity (Wildman–Crippen MR) is 134 cm³/mol. The average molecular weight is 486 g/mol. The zero-order valence-corrected chi connectivity index (χ0v) is 20.4. The fraction of sp³-hybridized carbons (Fsp3) is 0.391. The first-order chi connectivity index (χ1) is 15.9. The molecule has 0 atom stereocenters. The van der Waals surface area contributed by atoms with Gasteiger partial charge in [0.1, 0.15) is 5.69 Å². The monoisotopic (exact) mass is 485 g/mol. The van der Waals surface area contributed by atoms with Crippen molar-refractivity contribution in [1.29, 1.82) is 0 Å². The van der Waals surface area contributed by atoms with Crippen molar-refractivity contribution < 1.29 is 9.59 Å². The maximum absolute atomic E-state index is 12.9. The van der Waals surface area contributed by atoms with Gasteiger partial charge in [0.05, 0.1) is 28.6 Å². The number of aryl methyl sites for hydroxylation is 2. The number of thiazole rings is 1. The number of thioether (sulfide) groups is 1. The van der Waals surface area contributed by atoms with Crippen LogP contribution in [0.4, 0.5) is 10.8 Å². The van der Waals surface area contributed by atoms with Crippen LogP contribution < -0.4 is 16.2 Å². The number of aromatic nitrogens is 3. The summed E-state index contributed by atoms with van der Waals surface area (Å²) in [5.41, 5.74) is 2.45. The van der Waals surface area contributed by atoms with Crippen LogP contribution in [-0.4, -0.2) is 37.7 Å². The van der Waals surface area contributed by atoms with E-state index in [2.05, 4.69) is 15.6 Å². The molecule has 0 aliphatic heterocycles. The maximum atomic E-state index is 12.9. The third kappa shape index (κ3) is 5.39. The van der Waals surface area contributed by atoms with E-state index in [4.69, 9.17) is 0 Å². The summed E-state index contributed by atoms with van der Waals surface area (Å²) in [6, 6.07) is 9.26. The highest BCUT2D eigenvalue weighted by atomic mass is 32.2. The Labute approximate surface area is 200 Å². The molecule has 0 saturated heterocycles. The summed E-state index contributed by atoms with van der Waals surface area (Å²) in [6.07, 6.45) is 5.55. The first kappa shape index (κ1) is 23.3. The van der Waals surface area contributed by atoms with Crippen molar-refractivity contribution in [2.24, 2.45) is 7.05 Å².